The predicted molar refractivity (Wildman–Crippen MR) is 99.5 cm³/mol. The summed E-state index contributed by atoms with van der Waals surface area (Å²) in [5.74, 6) is 0.351. The highest BCUT2D eigenvalue weighted by Gasteiger charge is 2.08. The van der Waals surface area contributed by atoms with Crippen LogP contribution in [0.1, 0.15) is 5.56 Å². The fourth-order valence-corrected chi connectivity index (χ4v) is 3.52. The average Bonchev–Trinajstić information content (AvgIpc) is 2.55. The van der Waals surface area contributed by atoms with Gasteiger partial charge in [-0.1, -0.05) is 48.0 Å². The molecule has 0 saturated carbocycles. The minimum atomic E-state index is -0.0200. The molecule has 0 unspecified atom stereocenters. The van der Waals surface area contributed by atoms with Crippen molar-refractivity contribution in [2.45, 2.75) is 11.8 Å². The second-order valence-corrected chi connectivity index (χ2v) is 6.73. The zero-order chi connectivity index (χ0) is 16.2. The molecule has 3 rings (SSSR count). The molecular weight excluding hydrogens is 326 g/mol. The van der Waals surface area contributed by atoms with Crippen LogP contribution in [0, 0.1) is 6.92 Å². The lowest BCUT2D eigenvalue weighted by atomic mass is 10.1. The Kier molecular flexibility index (Phi) is 4.89. The van der Waals surface area contributed by atoms with E-state index in [1.54, 1.807) is 17.8 Å². The zero-order valence-corrected chi connectivity index (χ0v) is 14.2. The quantitative estimate of drug-likeness (QED) is 0.632. The molecule has 0 bridgehead atoms. The minimum Gasteiger partial charge on any atom is -0.325 e. The lowest BCUT2D eigenvalue weighted by molar-refractivity contribution is -0.113. The first-order valence-electron chi connectivity index (χ1n) is 7.30. The van der Waals surface area contributed by atoms with Crippen LogP contribution in [-0.4, -0.2) is 11.7 Å². The van der Waals surface area contributed by atoms with Gasteiger partial charge in [0.15, 0.2) is 0 Å². The molecule has 0 aliphatic heterocycles. The Morgan fingerprint density at radius 2 is 1.87 bits per heavy atom. The van der Waals surface area contributed by atoms with Crippen LogP contribution in [-0.2, 0) is 4.79 Å². The van der Waals surface area contributed by atoms with Crippen LogP contribution in [0.2, 0.25) is 5.02 Å². The van der Waals surface area contributed by atoms with Crippen molar-refractivity contribution in [2.75, 3.05) is 11.1 Å². The first-order chi connectivity index (χ1) is 11.1. The Labute approximate surface area is 144 Å². The molecule has 23 heavy (non-hydrogen) atoms. The highest BCUT2D eigenvalue weighted by atomic mass is 35.5. The van der Waals surface area contributed by atoms with E-state index in [1.807, 2.05) is 43.3 Å². The summed E-state index contributed by atoms with van der Waals surface area (Å²) in [5.41, 5.74) is 1.76. The van der Waals surface area contributed by atoms with Crippen molar-refractivity contribution in [3.8, 4) is 0 Å². The van der Waals surface area contributed by atoms with Crippen molar-refractivity contribution in [1.29, 1.82) is 0 Å². The molecule has 0 saturated heterocycles. The van der Waals surface area contributed by atoms with Crippen LogP contribution in [0.25, 0.3) is 10.8 Å². The maximum absolute atomic E-state index is 12.2. The fourth-order valence-electron chi connectivity index (χ4n) is 2.42. The molecule has 0 aliphatic rings. The predicted octanol–water partition coefficient (Wildman–Crippen LogP) is 5.53. The van der Waals surface area contributed by atoms with Gasteiger partial charge in [0, 0.05) is 15.6 Å². The zero-order valence-electron chi connectivity index (χ0n) is 12.7. The summed E-state index contributed by atoms with van der Waals surface area (Å²) in [4.78, 5) is 13.3. The maximum Gasteiger partial charge on any atom is 0.234 e. The standard InChI is InChI=1S/C19H16ClNOS/c1-13-11-15(20)9-10-17(13)21-19(22)12-23-18-8-4-6-14-5-2-3-7-16(14)18/h2-11H,12H2,1H3,(H,21,22). The summed E-state index contributed by atoms with van der Waals surface area (Å²) in [6.45, 7) is 1.93. The molecule has 0 aliphatic carbocycles. The van der Waals surface area contributed by atoms with Gasteiger partial charge in [-0.15, -0.1) is 11.8 Å². The summed E-state index contributed by atoms with van der Waals surface area (Å²) < 4.78 is 0. The van der Waals surface area contributed by atoms with Crippen molar-refractivity contribution in [1.82, 2.24) is 0 Å². The average molecular weight is 342 g/mol. The fraction of sp³-hybridized carbons (Fsp3) is 0.105. The van der Waals surface area contributed by atoms with E-state index in [0.717, 1.165) is 16.1 Å². The number of hydrogen-bond donors (Lipinski definition) is 1. The molecule has 3 aromatic carbocycles. The Hall–Kier alpha value is -1.97. The largest absolute Gasteiger partial charge is 0.325 e. The van der Waals surface area contributed by atoms with Gasteiger partial charge in [0.05, 0.1) is 5.75 Å². The number of aryl methyl sites for hydroxylation is 1. The highest BCUT2D eigenvalue weighted by molar-refractivity contribution is 8.00. The van der Waals surface area contributed by atoms with Gasteiger partial charge in [0.2, 0.25) is 5.91 Å². The van der Waals surface area contributed by atoms with Gasteiger partial charge in [-0.05, 0) is 47.5 Å². The third-order valence-corrected chi connectivity index (χ3v) is 4.88. The molecular formula is C19H16ClNOS. The summed E-state index contributed by atoms with van der Waals surface area (Å²) in [6.07, 6.45) is 0. The summed E-state index contributed by atoms with van der Waals surface area (Å²) >= 11 is 7.48. The van der Waals surface area contributed by atoms with Crippen molar-refractivity contribution >= 4 is 45.7 Å². The van der Waals surface area contributed by atoms with E-state index >= 15 is 0 Å². The number of carbonyl (C=O) groups excluding carboxylic acids is 1. The number of anilines is 1. The first kappa shape index (κ1) is 15.9. The van der Waals surface area contributed by atoms with Crippen molar-refractivity contribution in [2.24, 2.45) is 0 Å². The number of rotatable bonds is 4. The Morgan fingerprint density at radius 1 is 1.09 bits per heavy atom. The molecule has 0 heterocycles. The van der Waals surface area contributed by atoms with E-state index in [4.69, 9.17) is 11.6 Å². The van der Waals surface area contributed by atoms with Crippen LogP contribution >= 0.6 is 23.4 Å². The topological polar surface area (TPSA) is 29.1 Å². The molecule has 116 valence electrons. The number of benzene rings is 3. The Bertz CT molecular complexity index is 858. The summed E-state index contributed by atoms with van der Waals surface area (Å²) in [6, 6.07) is 19.8. The van der Waals surface area contributed by atoms with E-state index in [0.29, 0.717) is 10.8 Å². The molecule has 4 heteroatoms. The lowest BCUT2D eigenvalue weighted by Gasteiger charge is -2.09. The van der Waals surface area contributed by atoms with Crippen molar-refractivity contribution < 1.29 is 4.79 Å². The second kappa shape index (κ2) is 7.07. The Morgan fingerprint density at radius 3 is 2.70 bits per heavy atom. The van der Waals surface area contributed by atoms with Gasteiger partial charge in [-0.2, -0.15) is 0 Å². The van der Waals surface area contributed by atoms with Gasteiger partial charge in [-0.3, -0.25) is 4.79 Å². The third-order valence-electron chi connectivity index (χ3n) is 3.57. The van der Waals surface area contributed by atoms with Gasteiger partial charge in [0.1, 0.15) is 0 Å². The highest BCUT2D eigenvalue weighted by Crippen LogP contribution is 2.28. The Balaban J connectivity index is 1.69. The van der Waals surface area contributed by atoms with Gasteiger partial charge >= 0.3 is 0 Å². The summed E-state index contributed by atoms with van der Waals surface area (Å²) in [7, 11) is 0. The number of hydrogen-bond acceptors (Lipinski definition) is 2. The van der Waals surface area contributed by atoms with Crippen LogP contribution in [0.4, 0.5) is 5.69 Å². The second-order valence-electron chi connectivity index (χ2n) is 5.27. The molecule has 1 amide bonds. The molecule has 2 nitrogen and oxygen atoms in total. The number of thioether (sulfide) groups is 1. The van der Waals surface area contributed by atoms with Crippen molar-refractivity contribution in [3.05, 3.63) is 71.2 Å². The molecule has 1 N–H and O–H groups in total. The molecule has 3 aromatic rings. The van der Waals surface area contributed by atoms with E-state index in [9.17, 15) is 4.79 Å². The number of halogens is 1. The molecule has 0 atom stereocenters. The molecule has 0 fully saturated rings. The first-order valence-corrected chi connectivity index (χ1v) is 8.66. The smallest absolute Gasteiger partial charge is 0.234 e. The van der Waals surface area contributed by atoms with Gasteiger partial charge in [0.25, 0.3) is 0 Å². The van der Waals surface area contributed by atoms with E-state index in [-0.39, 0.29) is 5.91 Å². The van der Waals surface area contributed by atoms with Crippen LogP contribution in [0.3, 0.4) is 0 Å². The van der Waals surface area contributed by atoms with Crippen LogP contribution < -0.4 is 5.32 Å². The number of amides is 1. The van der Waals surface area contributed by atoms with Crippen molar-refractivity contribution in [3.63, 3.8) is 0 Å². The molecule has 0 spiro atoms. The SMILES string of the molecule is Cc1cc(Cl)ccc1NC(=O)CSc1cccc2ccccc12. The normalized spacial score (nSPS) is 10.7. The van der Waals surface area contributed by atoms with Gasteiger partial charge in [-0.25, -0.2) is 0 Å². The molecule has 0 radical (unpaired) electrons. The third kappa shape index (κ3) is 3.87. The number of fused-ring (bicyclic) bond motifs is 1. The lowest BCUT2D eigenvalue weighted by Crippen LogP contribution is -2.14. The minimum absolute atomic E-state index is 0.0200. The van der Waals surface area contributed by atoms with E-state index < -0.39 is 0 Å². The summed E-state index contributed by atoms with van der Waals surface area (Å²) in [5, 5.41) is 5.97. The maximum atomic E-state index is 12.2. The van der Waals surface area contributed by atoms with Crippen LogP contribution in [0.15, 0.2) is 65.6 Å². The van der Waals surface area contributed by atoms with Crippen LogP contribution in [0.5, 0.6) is 0 Å². The number of nitrogens with one attached hydrogen (secondary N) is 1. The number of carbonyl (C=O) groups is 1. The van der Waals surface area contributed by atoms with E-state index in [2.05, 4.69) is 23.5 Å². The monoisotopic (exact) mass is 341 g/mol. The van der Waals surface area contributed by atoms with E-state index in [1.165, 1.54) is 10.8 Å². The van der Waals surface area contributed by atoms with Gasteiger partial charge < -0.3 is 5.32 Å². The molecule has 0 aromatic heterocycles.